The van der Waals surface area contributed by atoms with Crippen LogP contribution in [0.5, 0.6) is 0 Å². The van der Waals surface area contributed by atoms with Crippen LogP contribution in [0.4, 0.5) is 0 Å². The van der Waals surface area contributed by atoms with Gasteiger partial charge in [-0.15, -0.1) is 0 Å². The van der Waals surface area contributed by atoms with E-state index in [1.54, 1.807) is 11.1 Å². The van der Waals surface area contributed by atoms with Crippen LogP contribution in [0.1, 0.15) is 59.8 Å². The van der Waals surface area contributed by atoms with Crippen molar-refractivity contribution >= 4 is 6.92 Å². The molecule has 0 saturated carbocycles. The van der Waals surface area contributed by atoms with E-state index >= 15 is 0 Å². The number of hydrogen-bond donors (Lipinski definition) is 0. The predicted molar refractivity (Wildman–Crippen MR) is 82.5 cm³/mol. The normalized spacial score (nSPS) is 32.6. The van der Waals surface area contributed by atoms with Crippen LogP contribution >= 0.6 is 0 Å². The van der Waals surface area contributed by atoms with Crippen LogP contribution in [-0.4, -0.2) is 12.5 Å². The molecule has 1 heterocycles. The smallest absolute Gasteiger partial charge is 0.301 e. The number of allylic oxidation sites excluding steroid dienone is 4. The molecule has 2 heteroatoms. The van der Waals surface area contributed by atoms with Crippen LogP contribution in [0.2, 0.25) is 12.1 Å². The van der Waals surface area contributed by atoms with Crippen molar-refractivity contribution in [1.29, 1.82) is 0 Å². The molecule has 1 aliphatic heterocycles. The Morgan fingerprint density at radius 2 is 1.89 bits per heavy atom. The first-order valence-corrected chi connectivity index (χ1v) is 7.96. The van der Waals surface area contributed by atoms with Crippen LogP contribution in [0.15, 0.2) is 23.3 Å². The Morgan fingerprint density at radius 1 is 1.16 bits per heavy atom. The van der Waals surface area contributed by atoms with Crippen molar-refractivity contribution in [2.24, 2.45) is 5.41 Å². The number of hydrogen-bond acceptors (Lipinski definition) is 1. The minimum atomic E-state index is 0.00668. The van der Waals surface area contributed by atoms with Crippen LogP contribution < -0.4 is 0 Å². The largest absolute Gasteiger partial charge is 0.430 e. The standard InChI is InChI=1S/C17H27BO/c1-16(2)12-18(19-17(16,3)4)15-10-9-13-7-5-6-8-14(13)11-15/h9-10,15H,5-8,11-12H2,1-4H3. The van der Waals surface area contributed by atoms with E-state index in [0.29, 0.717) is 12.7 Å². The SMILES string of the molecule is CC1(C)CB(C2C=CC3=C(CCCC3)C2)OC1(C)C. The molecule has 1 atom stereocenters. The molecule has 1 nitrogen and oxygen atoms in total. The van der Waals surface area contributed by atoms with Crippen molar-refractivity contribution in [2.45, 2.75) is 77.5 Å². The molecular weight excluding hydrogens is 231 g/mol. The molecular formula is C17H27BO. The van der Waals surface area contributed by atoms with Crippen molar-refractivity contribution in [2.75, 3.05) is 0 Å². The van der Waals surface area contributed by atoms with E-state index in [1.807, 2.05) is 0 Å². The Morgan fingerprint density at radius 3 is 2.58 bits per heavy atom. The molecule has 0 spiro atoms. The predicted octanol–water partition coefficient (Wildman–Crippen LogP) is 5.01. The third-order valence-electron chi connectivity index (χ3n) is 5.92. The molecule has 0 aromatic rings. The second-order valence-electron chi connectivity index (χ2n) is 7.82. The van der Waals surface area contributed by atoms with Gasteiger partial charge in [-0.2, -0.15) is 0 Å². The quantitative estimate of drug-likeness (QED) is 0.600. The summed E-state index contributed by atoms with van der Waals surface area (Å²) in [6, 6.07) is 0. The summed E-state index contributed by atoms with van der Waals surface area (Å²) in [6.07, 6.45) is 12.7. The first kappa shape index (κ1) is 13.5. The van der Waals surface area contributed by atoms with Crippen LogP contribution in [0.25, 0.3) is 0 Å². The fourth-order valence-corrected chi connectivity index (χ4v) is 3.84. The van der Waals surface area contributed by atoms with Gasteiger partial charge in [0.2, 0.25) is 0 Å². The van der Waals surface area contributed by atoms with Gasteiger partial charge >= 0.3 is 6.92 Å². The van der Waals surface area contributed by atoms with E-state index in [9.17, 15) is 0 Å². The topological polar surface area (TPSA) is 9.23 Å². The van der Waals surface area contributed by atoms with Crippen molar-refractivity contribution in [3.63, 3.8) is 0 Å². The first-order valence-electron chi connectivity index (χ1n) is 7.96. The lowest BCUT2D eigenvalue weighted by Crippen LogP contribution is -2.34. The third-order valence-corrected chi connectivity index (χ3v) is 5.92. The van der Waals surface area contributed by atoms with E-state index in [4.69, 9.17) is 4.65 Å². The maximum absolute atomic E-state index is 6.41. The second-order valence-corrected chi connectivity index (χ2v) is 7.82. The van der Waals surface area contributed by atoms with Gasteiger partial charge in [0.15, 0.2) is 0 Å². The van der Waals surface area contributed by atoms with Crippen LogP contribution in [0, 0.1) is 5.41 Å². The highest BCUT2D eigenvalue weighted by Gasteiger charge is 2.51. The molecule has 2 aliphatic carbocycles. The zero-order valence-electron chi connectivity index (χ0n) is 13.0. The Kier molecular flexibility index (Phi) is 3.20. The highest BCUT2D eigenvalue weighted by atomic mass is 16.5. The van der Waals surface area contributed by atoms with E-state index in [2.05, 4.69) is 39.8 Å². The highest BCUT2D eigenvalue weighted by Crippen LogP contribution is 2.50. The lowest BCUT2D eigenvalue weighted by atomic mass is 9.48. The fraction of sp³-hybridized carbons (Fsp3) is 0.765. The summed E-state index contributed by atoms with van der Waals surface area (Å²) < 4.78 is 6.41. The molecule has 0 radical (unpaired) electrons. The summed E-state index contributed by atoms with van der Waals surface area (Å²) in [5, 5.41) is 0. The summed E-state index contributed by atoms with van der Waals surface area (Å²) in [5.74, 6) is 0.609. The summed E-state index contributed by atoms with van der Waals surface area (Å²) in [5.41, 5.74) is 3.66. The minimum Gasteiger partial charge on any atom is -0.430 e. The van der Waals surface area contributed by atoms with Gasteiger partial charge < -0.3 is 4.65 Å². The first-order chi connectivity index (χ1) is 8.89. The summed E-state index contributed by atoms with van der Waals surface area (Å²) >= 11 is 0. The van der Waals surface area contributed by atoms with E-state index in [-0.39, 0.29) is 11.0 Å². The fourth-order valence-electron chi connectivity index (χ4n) is 3.84. The maximum atomic E-state index is 6.41. The molecule has 0 amide bonds. The van der Waals surface area contributed by atoms with Crippen molar-refractivity contribution in [3.8, 4) is 0 Å². The van der Waals surface area contributed by atoms with Gasteiger partial charge in [-0.25, -0.2) is 0 Å². The van der Waals surface area contributed by atoms with Gasteiger partial charge in [0.25, 0.3) is 0 Å². The highest BCUT2D eigenvalue weighted by molar-refractivity contribution is 6.55. The van der Waals surface area contributed by atoms with Gasteiger partial charge in [0.1, 0.15) is 0 Å². The van der Waals surface area contributed by atoms with Gasteiger partial charge in [0, 0.05) is 0 Å². The minimum absolute atomic E-state index is 0.00668. The van der Waals surface area contributed by atoms with Gasteiger partial charge in [-0.1, -0.05) is 31.6 Å². The van der Waals surface area contributed by atoms with E-state index < -0.39 is 0 Å². The molecule has 1 unspecified atom stereocenters. The Hall–Kier alpha value is -0.495. The molecule has 19 heavy (non-hydrogen) atoms. The molecule has 1 fully saturated rings. The third kappa shape index (κ3) is 2.33. The average molecular weight is 258 g/mol. The molecule has 0 aromatic carbocycles. The number of rotatable bonds is 1. The summed E-state index contributed by atoms with van der Waals surface area (Å²) in [6.45, 7) is 9.63. The summed E-state index contributed by atoms with van der Waals surface area (Å²) in [7, 11) is 0. The van der Waals surface area contributed by atoms with Crippen LogP contribution in [0.3, 0.4) is 0 Å². The Labute approximate surface area is 118 Å². The molecule has 3 aliphatic rings. The van der Waals surface area contributed by atoms with Crippen molar-refractivity contribution in [1.82, 2.24) is 0 Å². The monoisotopic (exact) mass is 258 g/mol. The van der Waals surface area contributed by atoms with Crippen molar-refractivity contribution < 1.29 is 4.65 Å². The molecule has 0 aromatic heterocycles. The van der Waals surface area contributed by atoms with Crippen molar-refractivity contribution in [3.05, 3.63) is 23.3 Å². The molecule has 1 saturated heterocycles. The van der Waals surface area contributed by atoms with Gasteiger partial charge in [0.05, 0.1) is 5.60 Å². The average Bonchev–Trinajstić information content (AvgIpc) is 2.58. The lowest BCUT2D eigenvalue weighted by Gasteiger charge is -2.34. The zero-order valence-corrected chi connectivity index (χ0v) is 13.0. The lowest BCUT2D eigenvalue weighted by molar-refractivity contribution is 0.0355. The second kappa shape index (κ2) is 4.51. The van der Waals surface area contributed by atoms with E-state index in [1.165, 1.54) is 38.4 Å². The Balaban J connectivity index is 1.73. The Bertz CT molecular complexity index is 415. The molecule has 0 N–H and O–H groups in total. The van der Waals surface area contributed by atoms with E-state index in [0.717, 1.165) is 0 Å². The molecule has 0 bridgehead atoms. The molecule has 104 valence electrons. The maximum Gasteiger partial charge on any atom is 0.301 e. The molecule has 3 rings (SSSR count). The van der Waals surface area contributed by atoms with Gasteiger partial charge in [-0.05, 0) is 69.1 Å². The zero-order chi connectivity index (χ0) is 13.7. The van der Waals surface area contributed by atoms with Crippen LogP contribution in [-0.2, 0) is 4.65 Å². The summed E-state index contributed by atoms with van der Waals surface area (Å²) in [4.78, 5) is 0. The van der Waals surface area contributed by atoms with Gasteiger partial charge in [-0.3, -0.25) is 0 Å².